The lowest BCUT2D eigenvalue weighted by molar-refractivity contribution is -0.137. The Hall–Kier alpha value is -3.36. The maximum absolute atomic E-state index is 13.5. The van der Waals surface area contributed by atoms with Crippen LogP contribution in [0.2, 0.25) is 0 Å². The molecule has 1 aliphatic carbocycles. The van der Waals surface area contributed by atoms with Gasteiger partial charge in [0, 0.05) is 51.3 Å². The number of likely N-dealkylation sites (N-methyl/N-ethyl adjacent to an activating group) is 1. The number of nitrogens with two attached hydrogens (primary N) is 1. The number of benzene rings is 1. The Balaban J connectivity index is 1.51. The highest BCUT2D eigenvalue weighted by Gasteiger charge is 2.38. The predicted octanol–water partition coefficient (Wildman–Crippen LogP) is 2.05. The Morgan fingerprint density at radius 2 is 1.88 bits per heavy atom. The molecule has 1 unspecified atom stereocenters. The Morgan fingerprint density at radius 1 is 1.12 bits per heavy atom. The number of carbonyl (C=O) groups is 2. The van der Waals surface area contributed by atoms with E-state index in [1.807, 2.05) is 47.5 Å². The van der Waals surface area contributed by atoms with Crippen molar-refractivity contribution in [1.82, 2.24) is 20.1 Å². The first-order valence-corrected chi connectivity index (χ1v) is 11.5. The number of ketones is 1. The number of allylic oxidation sites excluding steroid dienone is 2. The number of nitrogens with one attached hydrogen (secondary N) is 2. The van der Waals surface area contributed by atoms with Crippen molar-refractivity contribution in [3.05, 3.63) is 65.6 Å². The highest BCUT2D eigenvalue weighted by molar-refractivity contribution is 6.08. The maximum Gasteiger partial charge on any atom is 0.226 e. The SMILES string of the molecule is CN1CCN(C(=O)C2CC(=O)c3c([nH]c(C4=CCNC=C4)c3N(N)c3ccccc3)C2)CC1. The van der Waals surface area contributed by atoms with Gasteiger partial charge in [-0.2, -0.15) is 0 Å². The van der Waals surface area contributed by atoms with Crippen molar-refractivity contribution < 1.29 is 9.59 Å². The van der Waals surface area contributed by atoms with Crippen LogP contribution in [0.15, 0.2) is 48.7 Å². The molecule has 1 atom stereocenters. The highest BCUT2D eigenvalue weighted by Crippen LogP contribution is 2.41. The molecule has 8 nitrogen and oxygen atoms in total. The quantitative estimate of drug-likeness (QED) is 0.491. The summed E-state index contributed by atoms with van der Waals surface area (Å²) in [6, 6.07) is 9.61. The van der Waals surface area contributed by atoms with Gasteiger partial charge in [0.05, 0.1) is 28.6 Å². The fraction of sp³-hybridized carbons (Fsp3) is 0.360. The molecule has 1 saturated heterocycles. The number of hydrazine groups is 1. The van der Waals surface area contributed by atoms with Crippen molar-refractivity contribution >= 4 is 28.6 Å². The molecule has 1 aromatic heterocycles. The van der Waals surface area contributed by atoms with Crippen molar-refractivity contribution in [2.75, 3.05) is 44.8 Å². The number of para-hydroxylation sites is 1. The molecule has 3 aliphatic rings. The van der Waals surface area contributed by atoms with Gasteiger partial charge in [0.1, 0.15) is 0 Å². The number of Topliss-reactive ketones (excluding diaryl/α,β-unsaturated/α-hetero) is 1. The predicted molar refractivity (Wildman–Crippen MR) is 129 cm³/mol. The minimum atomic E-state index is -0.340. The number of hydrogen-bond donors (Lipinski definition) is 3. The summed E-state index contributed by atoms with van der Waals surface area (Å²) < 4.78 is 0. The van der Waals surface area contributed by atoms with E-state index in [1.165, 1.54) is 0 Å². The molecule has 2 aliphatic heterocycles. The van der Waals surface area contributed by atoms with Crippen LogP contribution in [0.5, 0.6) is 0 Å². The molecule has 1 aromatic carbocycles. The Kier molecular flexibility index (Phi) is 5.78. The van der Waals surface area contributed by atoms with Crippen LogP contribution in [-0.4, -0.2) is 66.2 Å². The zero-order valence-corrected chi connectivity index (χ0v) is 18.9. The first-order chi connectivity index (χ1) is 16.0. The number of hydrogen-bond acceptors (Lipinski definition) is 6. The molecule has 1 fully saturated rings. The van der Waals surface area contributed by atoms with Gasteiger partial charge < -0.3 is 20.1 Å². The van der Waals surface area contributed by atoms with Crippen molar-refractivity contribution in [2.45, 2.75) is 12.8 Å². The summed E-state index contributed by atoms with van der Waals surface area (Å²) in [5, 5.41) is 4.75. The molecular weight excluding hydrogens is 416 g/mol. The molecular formula is C25H30N6O2. The third-order valence-electron chi connectivity index (χ3n) is 6.76. The normalized spacial score (nSPS) is 20.8. The third kappa shape index (κ3) is 4.07. The molecule has 172 valence electrons. The number of aromatic amines is 1. The summed E-state index contributed by atoms with van der Waals surface area (Å²) >= 11 is 0. The van der Waals surface area contributed by atoms with Gasteiger partial charge in [-0.15, -0.1) is 0 Å². The van der Waals surface area contributed by atoms with E-state index in [9.17, 15) is 9.59 Å². The molecule has 0 bridgehead atoms. The number of amides is 1. The van der Waals surface area contributed by atoms with Gasteiger partial charge >= 0.3 is 0 Å². The van der Waals surface area contributed by atoms with E-state index in [0.717, 1.165) is 35.7 Å². The fourth-order valence-electron chi connectivity index (χ4n) is 4.90. The van der Waals surface area contributed by atoms with Crippen LogP contribution < -0.4 is 16.2 Å². The molecule has 0 saturated carbocycles. The molecule has 8 heteroatoms. The Morgan fingerprint density at radius 3 is 2.58 bits per heavy atom. The van der Waals surface area contributed by atoms with E-state index in [2.05, 4.69) is 28.3 Å². The van der Waals surface area contributed by atoms with Crippen LogP contribution in [0, 0.1) is 5.92 Å². The first-order valence-electron chi connectivity index (χ1n) is 11.5. The maximum atomic E-state index is 13.5. The zero-order valence-electron chi connectivity index (χ0n) is 18.9. The second kappa shape index (κ2) is 8.88. The zero-order chi connectivity index (χ0) is 22.9. The van der Waals surface area contributed by atoms with Gasteiger partial charge in [0.2, 0.25) is 5.91 Å². The lowest BCUT2D eigenvalue weighted by Gasteiger charge is -2.35. The second-order valence-corrected chi connectivity index (χ2v) is 8.97. The van der Waals surface area contributed by atoms with Gasteiger partial charge in [-0.3, -0.25) is 14.6 Å². The van der Waals surface area contributed by atoms with Gasteiger partial charge in [-0.25, -0.2) is 5.84 Å². The largest absolute Gasteiger partial charge is 0.387 e. The minimum absolute atomic E-state index is 0.0360. The van der Waals surface area contributed by atoms with E-state index in [-0.39, 0.29) is 24.0 Å². The minimum Gasteiger partial charge on any atom is -0.387 e. The average Bonchev–Trinajstić information content (AvgIpc) is 3.25. The lowest BCUT2D eigenvalue weighted by Crippen LogP contribution is -2.50. The van der Waals surface area contributed by atoms with Crippen molar-refractivity contribution in [1.29, 1.82) is 0 Å². The molecule has 0 spiro atoms. The highest BCUT2D eigenvalue weighted by atomic mass is 16.2. The Bertz CT molecular complexity index is 1110. The number of H-pyrrole nitrogens is 1. The van der Waals surface area contributed by atoms with E-state index in [0.29, 0.717) is 37.3 Å². The summed E-state index contributed by atoms with van der Waals surface area (Å²) in [5.74, 6) is 6.29. The number of anilines is 2. The third-order valence-corrected chi connectivity index (χ3v) is 6.76. The summed E-state index contributed by atoms with van der Waals surface area (Å²) in [4.78, 5) is 34.3. The van der Waals surface area contributed by atoms with E-state index < -0.39 is 0 Å². The topological polar surface area (TPSA) is 97.7 Å². The number of nitrogens with zero attached hydrogens (tertiary/aromatic N) is 3. The number of piperazine rings is 1. The molecule has 5 rings (SSSR count). The first kappa shape index (κ1) is 21.5. The van der Waals surface area contributed by atoms with Crippen LogP contribution in [0.3, 0.4) is 0 Å². The van der Waals surface area contributed by atoms with Crippen LogP contribution in [-0.2, 0) is 11.2 Å². The number of rotatable bonds is 4. The van der Waals surface area contributed by atoms with Gasteiger partial charge in [0.15, 0.2) is 5.78 Å². The van der Waals surface area contributed by atoms with Crippen molar-refractivity contribution in [3.8, 4) is 0 Å². The van der Waals surface area contributed by atoms with Gasteiger partial charge in [-0.1, -0.05) is 24.3 Å². The monoisotopic (exact) mass is 446 g/mol. The van der Waals surface area contributed by atoms with Crippen LogP contribution in [0.1, 0.15) is 28.2 Å². The molecule has 4 N–H and O–H groups in total. The van der Waals surface area contributed by atoms with Crippen molar-refractivity contribution in [2.24, 2.45) is 11.8 Å². The van der Waals surface area contributed by atoms with E-state index >= 15 is 0 Å². The molecule has 0 radical (unpaired) electrons. The number of fused-ring (bicyclic) bond motifs is 1. The van der Waals surface area contributed by atoms with E-state index in [1.54, 1.807) is 5.01 Å². The van der Waals surface area contributed by atoms with Gasteiger partial charge in [-0.05, 0) is 37.0 Å². The standard InChI is InChI=1S/C25H30N6O2/c1-29-11-13-30(14-12-29)25(33)18-15-20-22(21(32)16-18)24(31(26)19-5-3-2-4-6-19)23(28-20)17-7-9-27-10-8-17/h2-9,18,27-28H,10-16,26H2,1H3. The Labute approximate surface area is 193 Å². The summed E-state index contributed by atoms with van der Waals surface area (Å²) in [6.07, 6.45) is 6.65. The van der Waals surface area contributed by atoms with Crippen molar-refractivity contribution in [3.63, 3.8) is 0 Å². The number of dihydropyridines is 1. The second-order valence-electron chi connectivity index (χ2n) is 8.97. The number of carbonyl (C=O) groups excluding carboxylic acids is 2. The van der Waals surface area contributed by atoms with Crippen LogP contribution in [0.4, 0.5) is 11.4 Å². The van der Waals surface area contributed by atoms with Gasteiger partial charge in [0.25, 0.3) is 0 Å². The number of aromatic nitrogens is 1. The fourth-order valence-corrected chi connectivity index (χ4v) is 4.90. The lowest BCUT2D eigenvalue weighted by atomic mass is 9.85. The molecule has 1 amide bonds. The summed E-state index contributed by atoms with van der Waals surface area (Å²) in [7, 11) is 2.06. The smallest absolute Gasteiger partial charge is 0.226 e. The molecule has 3 heterocycles. The summed E-state index contributed by atoms with van der Waals surface area (Å²) in [6.45, 7) is 3.85. The molecule has 33 heavy (non-hydrogen) atoms. The van der Waals surface area contributed by atoms with Crippen LogP contribution in [0.25, 0.3) is 5.57 Å². The average molecular weight is 447 g/mol. The molecule has 2 aromatic rings. The van der Waals surface area contributed by atoms with E-state index in [4.69, 9.17) is 5.84 Å². The van der Waals surface area contributed by atoms with Crippen LogP contribution >= 0.6 is 0 Å². The summed E-state index contributed by atoms with van der Waals surface area (Å²) in [5.41, 5.74) is 4.64.